The van der Waals surface area contributed by atoms with Crippen molar-refractivity contribution >= 4 is 23.2 Å². The van der Waals surface area contributed by atoms with Gasteiger partial charge >= 0.3 is 0 Å². The summed E-state index contributed by atoms with van der Waals surface area (Å²) in [7, 11) is 0. The van der Waals surface area contributed by atoms with Gasteiger partial charge < -0.3 is 15.4 Å². The lowest BCUT2D eigenvalue weighted by Crippen LogP contribution is -2.32. The zero-order valence-corrected chi connectivity index (χ0v) is 15.2. The van der Waals surface area contributed by atoms with E-state index in [0.717, 1.165) is 19.4 Å². The summed E-state index contributed by atoms with van der Waals surface area (Å²) in [5.74, 6) is -0.588. The molecule has 0 bridgehead atoms. The molecule has 2 aromatic carbocycles. The molecule has 1 saturated heterocycles. The fraction of sp³-hybridized carbons (Fsp3) is 0.300. The molecule has 0 saturated carbocycles. The zero-order valence-electron chi connectivity index (χ0n) is 15.2. The normalized spacial score (nSPS) is 15.8. The largest absolute Gasteiger partial charge is 0.376 e. The molecule has 2 amide bonds. The average Bonchev–Trinajstić information content (AvgIpc) is 3.20. The number of non-ortho nitro benzene ring substituents is 1. The summed E-state index contributed by atoms with van der Waals surface area (Å²) in [6.07, 6.45) is 2.00. The van der Waals surface area contributed by atoms with Gasteiger partial charge in [-0.3, -0.25) is 19.7 Å². The minimum Gasteiger partial charge on any atom is -0.376 e. The second kappa shape index (κ2) is 9.09. The number of carbonyl (C=O) groups excluding carboxylic acids is 2. The lowest BCUT2D eigenvalue weighted by atomic mass is 10.1. The first-order valence-corrected chi connectivity index (χ1v) is 9.05. The number of nitrogens with one attached hydrogen (secondary N) is 2. The topological polar surface area (TPSA) is 111 Å². The van der Waals surface area contributed by atoms with Crippen molar-refractivity contribution < 1.29 is 19.2 Å². The summed E-state index contributed by atoms with van der Waals surface area (Å²) in [6, 6.07) is 12.6. The summed E-state index contributed by atoms with van der Waals surface area (Å²) in [5.41, 5.74) is 1.40. The number of amides is 2. The van der Waals surface area contributed by atoms with Crippen LogP contribution in [0.25, 0.3) is 0 Å². The highest BCUT2D eigenvalue weighted by Crippen LogP contribution is 2.17. The minimum atomic E-state index is -0.491. The number of nitro benzene ring substituents is 1. The molecule has 1 fully saturated rings. The van der Waals surface area contributed by atoms with E-state index < -0.39 is 4.92 Å². The second-order valence-electron chi connectivity index (χ2n) is 6.54. The van der Waals surface area contributed by atoms with E-state index in [4.69, 9.17) is 4.74 Å². The molecule has 0 radical (unpaired) electrons. The first-order chi connectivity index (χ1) is 13.5. The Bertz CT molecular complexity index is 860. The number of benzene rings is 2. The first kappa shape index (κ1) is 19.5. The molecule has 1 unspecified atom stereocenters. The van der Waals surface area contributed by atoms with Gasteiger partial charge in [0, 0.05) is 25.3 Å². The van der Waals surface area contributed by atoms with Crippen molar-refractivity contribution in [2.24, 2.45) is 0 Å². The maximum atomic E-state index is 12.5. The van der Waals surface area contributed by atoms with Crippen LogP contribution in [-0.2, 0) is 16.0 Å². The van der Waals surface area contributed by atoms with Crippen LogP contribution in [0.3, 0.4) is 0 Å². The van der Waals surface area contributed by atoms with Crippen LogP contribution in [0.5, 0.6) is 0 Å². The summed E-state index contributed by atoms with van der Waals surface area (Å²) in [4.78, 5) is 35.0. The molecule has 8 nitrogen and oxygen atoms in total. The Kier molecular flexibility index (Phi) is 6.33. The lowest BCUT2D eigenvalue weighted by Gasteiger charge is -2.14. The highest BCUT2D eigenvalue weighted by atomic mass is 16.6. The Morgan fingerprint density at radius 1 is 1.14 bits per heavy atom. The predicted octanol–water partition coefficient (Wildman–Crippen LogP) is 2.68. The number of ether oxygens (including phenoxy) is 1. The van der Waals surface area contributed by atoms with Gasteiger partial charge in [0.1, 0.15) is 0 Å². The summed E-state index contributed by atoms with van der Waals surface area (Å²) >= 11 is 0. The van der Waals surface area contributed by atoms with E-state index in [1.807, 2.05) is 0 Å². The lowest BCUT2D eigenvalue weighted by molar-refractivity contribution is -0.384. The SMILES string of the molecule is O=C(Cc1ccc([N+](=O)[O-])cc1)Nc1ccccc1C(=O)NCC1CCCO1. The quantitative estimate of drug-likeness (QED) is 0.564. The van der Waals surface area contributed by atoms with Crippen molar-refractivity contribution in [3.8, 4) is 0 Å². The Hall–Kier alpha value is -3.26. The van der Waals surface area contributed by atoms with Crippen LogP contribution >= 0.6 is 0 Å². The number of hydrogen-bond acceptors (Lipinski definition) is 5. The molecule has 1 aliphatic rings. The van der Waals surface area contributed by atoms with E-state index in [0.29, 0.717) is 23.4 Å². The van der Waals surface area contributed by atoms with Gasteiger partial charge in [-0.1, -0.05) is 24.3 Å². The van der Waals surface area contributed by atoms with E-state index in [2.05, 4.69) is 10.6 Å². The number of nitrogens with zero attached hydrogens (tertiary/aromatic N) is 1. The van der Waals surface area contributed by atoms with Gasteiger partial charge in [-0.05, 0) is 30.5 Å². The maximum Gasteiger partial charge on any atom is 0.269 e. The number of para-hydroxylation sites is 1. The molecule has 1 atom stereocenters. The molecule has 2 N–H and O–H groups in total. The molecule has 28 heavy (non-hydrogen) atoms. The van der Waals surface area contributed by atoms with Gasteiger partial charge in [0.25, 0.3) is 11.6 Å². The highest BCUT2D eigenvalue weighted by Gasteiger charge is 2.18. The van der Waals surface area contributed by atoms with Gasteiger partial charge in [0.05, 0.1) is 28.7 Å². The van der Waals surface area contributed by atoms with Gasteiger partial charge in [0.15, 0.2) is 0 Å². The maximum absolute atomic E-state index is 12.5. The fourth-order valence-electron chi connectivity index (χ4n) is 3.01. The van der Waals surface area contributed by atoms with Gasteiger partial charge in [-0.15, -0.1) is 0 Å². The Morgan fingerprint density at radius 2 is 1.89 bits per heavy atom. The average molecular weight is 383 g/mol. The molecule has 0 spiro atoms. The van der Waals surface area contributed by atoms with Crippen molar-refractivity contribution in [2.75, 3.05) is 18.5 Å². The molecule has 3 rings (SSSR count). The van der Waals surface area contributed by atoms with Gasteiger partial charge in [-0.2, -0.15) is 0 Å². The minimum absolute atomic E-state index is 0.0302. The Labute approximate surface area is 162 Å². The summed E-state index contributed by atoms with van der Waals surface area (Å²) in [5, 5.41) is 16.3. The van der Waals surface area contributed by atoms with Crippen LogP contribution in [0.15, 0.2) is 48.5 Å². The van der Waals surface area contributed by atoms with E-state index in [9.17, 15) is 19.7 Å². The van der Waals surface area contributed by atoms with E-state index >= 15 is 0 Å². The molecule has 0 aromatic heterocycles. The van der Waals surface area contributed by atoms with Gasteiger partial charge in [0.2, 0.25) is 5.91 Å². The zero-order chi connectivity index (χ0) is 19.9. The number of hydrogen-bond donors (Lipinski definition) is 2. The van der Waals surface area contributed by atoms with Crippen LogP contribution in [0.1, 0.15) is 28.8 Å². The van der Waals surface area contributed by atoms with Crippen LogP contribution in [-0.4, -0.2) is 36.0 Å². The third-order valence-corrected chi connectivity index (χ3v) is 4.47. The second-order valence-corrected chi connectivity index (χ2v) is 6.54. The summed E-state index contributed by atoms with van der Waals surface area (Å²) in [6.45, 7) is 1.15. The monoisotopic (exact) mass is 383 g/mol. The number of anilines is 1. The van der Waals surface area contributed by atoms with Crippen LogP contribution in [0, 0.1) is 10.1 Å². The van der Waals surface area contributed by atoms with E-state index in [1.54, 1.807) is 24.3 Å². The van der Waals surface area contributed by atoms with Crippen molar-refractivity contribution in [2.45, 2.75) is 25.4 Å². The van der Waals surface area contributed by atoms with Crippen LogP contribution < -0.4 is 10.6 Å². The number of nitro groups is 1. The molecule has 1 heterocycles. The highest BCUT2D eigenvalue weighted by molar-refractivity contribution is 6.04. The molecule has 8 heteroatoms. The molecular formula is C20H21N3O5. The van der Waals surface area contributed by atoms with Crippen LogP contribution in [0.2, 0.25) is 0 Å². The van der Waals surface area contributed by atoms with Gasteiger partial charge in [-0.25, -0.2) is 0 Å². The Balaban J connectivity index is 1.60. The van der Waals surface area contributed by atoms with Crippen molar-refractivity contribution in [3.63, 3.8) is 0 Å². The van der Waals surface area contributed by atoms with Crippen molar-refractivity contribution in [1.29, 1.82) is 0 Å². The van der Waals surface area contributed by atoms with Crippen molar-refractivity contribution in [3.05, 3.63) is 69.8 Å². The summed E-state index contributed by atoms with van der Waals surface area (Å²) < 4.78 is 5.50. The molecular weight excluding hydrogens is 362 g/mol. The first-order valence-electron chi connectivity index (χ1n) is 9.05. The van der Waals surface area contributed by atoms with E-state index in [1.165, 1.54) is 24.3 Å². The van der Waals surface area contributed by atoms with Crippen molar-refractivity contribution in [1.82, 2.24) is 5.32 Å². The predicted molar refractivity (Wildman–Crippen MR) is 103 cm³/mol. The fourth-order valence-corrected chi connectivity index (χ4v) is 3.01. The standard InChI is InChI=1S/C20H21N3O5/c24-19(12-14-7-9-15(10-8-14)23(26)27)22-18-6-2-1-5-17(18)20(25)21-13-16-4-3-11-28-16/h1-2,5-10,16H,3-4,11-13H2,(H,21,25)(H,22,24). The molecule has 0 aliphatic carbocycles. The smallest absolute Gasteiger partial charge is 0.269 e. The van der Waals surface area contributed by atoms with E-state index in [-0.39, 0.29) is 30.0 Å². The van der Waals surface area contributed by atoms with Crippen LogP contribution in [0.4, 0.5) is 11.4 Å². The number of rotatable bonds is 7. The third kappa shape index (κ3) is 5.14. The molecule has 1 aliphatic heterocycles. The molecule has 146 valence electrons. The third-order valence-electron chi connectivity index (χ3n) is 4.47. The molecule has 2 aromatic rings. The number of carbonyl (C=O) groups is 2. The Morgan fingerprint density at radius 3 is 2.57 bits per heavy atom.